The minimum atomic E-state index is -0.648. The molecule has 1 aromatic heterocycles. The van der Waals surface area contributed by atoms with Gasteiger partial charge in [0.2, 0.25) is 0 Å². The fourth-order valence-electron chi connectivity index (χ4n) is 2.61. The first kappa shape index (κ1) is 14.0. The van der Waals surface area contributed by atoms with Crippen LogP contribution in [0.25, 0.3) is 0 Å². The first-order valence-electron chi connectivity index (χ1n) is 6.33. The van der Waals surface area contributed by atoms with Gasteiger partial charge in [0, 0.05) is 14.2 Å². The van der Waals surface area contributed by atoms with E-state index in [2.05, 4.69) is 28.9 Å². The van der Waals surface area contributed by atoms with E-state index in [-0.39, 0.29) is 0 Å². The molecule has 1 aliphatic carbocycles. The number of halogens is 1. The minimum absolute atomic E-state index is 0.580. The molecule has 1 saturated carbocycles. The van der Waals surface area contributed by atoms with E-state index in [1.54, 1.807) is 11.3 Å². The van der Waals surface area contributed by atoms with E-state index >= 15 is 0 Å². The molecule has 0 saturated heterocycles. The summed E-state index contributed by atoms with van der Waals surface area (Å²) in [4.78, 5) is 2.07. The van der Waals surface area contributed by atoms with Crippen molar-refractivity contribution in [3.8, 4) is 6.07 Å². The summed E-state index contributed by atoms with van der Waals surface area (Å²) in [6, 6.07) is 4.37. The van der Waals surface area contributed by atoms with Gasteiger partial charge in [-0.1, -0.05) is 6.92 Å². The third-order valence-corrected chi connectivity index (χ3v) is 6.25. The summed E-state index contributed by atoms with van der Waals surface area (Å²) in [7, 11) is 0. The maximum atomic E-state index is 10.6. The molecule has 2 nitrogen and oxygen atoms in total. The predicted octanol–water partition coefficient (Wildman–Crippen LogP) is 4.57. The summed E-state index contributed by atoms with van der Waals surface area (Å²) in [5, 5.41) is 20.1. The third-order valence-electron chi connectivity index (χ3n) is 4.06. The van der Waals surface area contributed by atoms with Gasteiger partial charge in [0.05, 0.1) is 11.5 Å². The number of aliphatic hydroxyl groups excluding tert-OH is 1. The van der Waals surface area contributed by atoms with Gasteiger partial charge in [-0.15, -0.1) is 11.3 Å². The van der Waals surface area contributed by atoms with Crippen LogP contribution >= 0.6 is 27.3 Å². The molecule has 1 aliphatic rings. The lowest BCUT2D eigenvalue weighted by molar-refractivity contribution is 0.0291. The highest BCUT2D eigenvalue weighted by molar-refractivity contribution is 9.10. The van der Waals surface area contributed by atoms with Crippen LogP contribution in [0.3, 0.4) is 0 Å². The summed E-state index contributed by atoms with van der Waals surface area (Å²) in [5.74, 6) is 0.676. The summed E-state index contributed by atoms with van der Waals surface area (Å²) < 4.78 is 1.03. The molecule has 1 unspecified atom stereocenters. The average molecular weight is 328 g/mol. The highest BCUT2D eigenvalue weighted by Crippen LogP contribution is 2.49. The van der Waals surface area contributed by atoms with E-state index in [9.17, 15) is 10.4 Å². The Balaban J connectivity index is 2.25. The van der Waals surface area contributed by atoms with Crippen molar-refractivity contribution >= 4 is 27.3 Å². The molecular weight excluding hydrogens is 310 g/mol. The minimum Gasteiger partial charge on any atom is -0.386 e. The lowest BCUT2D eigenvalue weighted by atomic mass is 9.68. The Labute approximate surface area is 121 Å². The highest BCUT2D eigenvalue weighted by Gasteiger charge is 2.42. The van der Waals surface area contributed by atoms with E-state index in [1.165, 1.54) is 0 Å². The molecule has 1 N–H and O–H groups in total. The van der Waals surface area contributed by atoms with Gasteiger partial charge in [0.25, 0.3) is 0 Å². The molecule has 0 aromatic carbocycles. The van der Waals surface area contributed by atoms with Gasteiger partial charge in [-0.2, -0.15) is 5.26 Å². The van der Waals surface area contributed by atoms with Crippen LogP contribution in [0.5, 0.6) is 0 Å². The standard InChI is InChI=1S/C14H18BrNOS/c1-9-3-5-14(8-16,6-4-9)13(17)12-7-11(15)10(2)18-12/h7,9,13,17H,3-6H2,1-2H3. The van der Waals surface area contributed by atoms with Gasteiger partial charge in [0.15, 0.2) is 0 Å². The number of hydrogen-bond donors (Lipinski definition) is 1. The number of aryl methyl sites for hydroxylation is 1. The maximum absolute atomic E-state index is 10.6. The van der Waals surface area contributed by atoms with Gasteiger partial charge in [-0.3, -0.25) is 0 Å². The number of hydrogen-bond acceptors (Lipinski definition) is 3. The van der Waals surface area contributed by atoms with Crippen LogP contribution in [0.15, 0.2) is 10.5 Å². The molecule has 0 radical (unpaired) electrons. The second-order valence-electron chi connectivity index (χ2n) is 5.41. The van der Waals surface area contributed by atoms with Crippen molar-refractivity contribution in [1.82, 2.24) is 0 Å². The number of thiophene rings is 1. The molecule has 1 heterocycles. The second kappa shape index (κ2) is 5.32. The Kier molecular flexibility index (Phi) is 4.15. The molecule has 1 aromatic rings. The Morgan fingerprint density at radius 3 is 2.61 bits per heavy atom. The molecule has 1 atom stereocenters. The summed E-state index contributed by atoms with van der Waals surface area (Å²) in [6.45, 7) is 4.24. The van der Waals surface area contributed by atoms with E-state index < -0.39 is 11.5 Å². The zero-order valence-electron chi connectivity index (χ0n) is 10.7. The Morgan fingerprint density at radius 1 is 1.56 bits per heavy atom. The van der Waals surface area contributed by atoms with Crippen LogP contribution in [0, 0.1) is 29.6 Å². The maximum Gasteiger partial charge on any atom is 0.107 e. The first-order chi connectivity index (χ1) is 8.48. The Morgan fingerprint density at radius 2 is 2.17 bits per heavy atom. The van der Waals surface area contributed by atoms with E-state index in [0.29, 0.717) is 5.92 Å². The van der Waals surface area contributed by atoms with Crippen LogP contribution in [-0.2, 0) is 0 Å². The molecule has 0 bridgehead atoms. The van der Waals surface area contributed by atoms with Crippen LogP contribution in [0.4, 0.5) is 0 Å². The molecule has 0 aliphatic heterocycles. The fraction of sp³-hybridized carbons (Fsp3) is 0.643. The van der Waals surface area contributed by atoms with Crippen molar-refractivity contribution in [3.63, 3.8) is 0 Å². The molecule has 2 rings (SSSR count). The smallest absolute Gasteiger partial charge is 0.107 e. The number of rotatable bonds is 2. The first-order valence-corrected chi connectivity index (χ1v) is 7.94. The fourth-order valence-corrected chi connectivity index (χ4v) is 4.28. The van der Waals surface area contributed by atoms with Crippen molar-refractivity contribution in [2.75, 3.05) is 0 Å². The summed E-state index contributed by atoms with van der Waals surface area (Å²) in [6.07, 6.45) is 3.04. The van der Waals surface area contributed by atoms with Gasteiger partial charge in [0.1, 0.15) is 6.10 Å². The van der Waals surface area contributed by atoms with Crippen molar-refractivity contribution in [1.29, 1.82) is 5.26 Å². The van der Waals surface area contributed by atoms with E-state index in [0.717, 1.165) is 39.9 Å². The Hall–Kier alpha value is -0.370. The number of nitriles is 1. The number of aliphatic hydroxyl groups is 1. The van der Waals surface area contributed by atoms with Gasteiger partial charge in [-0.05, 0) is 60.5 Å². The highest BCUT2D eigenvalue weighted by atomic mass is 79.9. The molecule has 18 heavy (non-hydrogen) atoms. The zero-order valence-corrected chi connectivity index (χ0v) is 13.1. The van der Waals surface area contributed by atoms with Crippen LogP contribution < -0.4 is 0 Å². The molecule has 0 amide bonds. The molecule has 0 spiro atoms. The molecular formula is C14H18BrNOS. The molecule has 98 valence electrons. The zero-order chi connectivity index (χ0) is 13.3. The molecule has 1 fully saturated rings. The van der Waals surface area contributed by atoms with Gasteiger partial charge < -0.3 is 5.11 Å². The topological polar surface area (TPSA) is 44.0 Å². The van der Waals surface area contributed by atoms with E-state index in [1.807, 2.05) is 13.0 Å². The lowest BCUT2D eigenvalue weighted by Gasteiger charge is -2.36. The normalized spacial score (nSPS) is 29.8. The summed E-state index contributed by atoms with van der Waals surface area (Å²) in [5.41, 5.74) is -0.580. The average Bonchev–Trinajstić information content (AvgIpc) is 2.70. The lowest BCUT2D eigenvalue weighted by Crippen LogP contribution is -2.31. The number of nitrogens with zero attached hydrogens (tertiary/aromatic N) is 1. The largest absolute Gasteiger partial charge is 0.386 e. The summed E-state index contributed by atoms with van der Waals surface area (Å²) >= 11 is 5.06. The SMILES string of the molecule is Cc1sc(C(O)C2(C#N)CCC(C)CC2)cc1Br. The third kappa shape index (κ3) is 2.49. The van der Waals surface area contributed by atoms with Crippen LogP contribution in [0.1, 0.15) is 48.5 Å². The Bertz CT molecular complexity index is 449. The van der Waals surface area contributed by atoms with Gasteiger partial charge >= 0.3 is 0 Å². The van der Waals surface area contributed by atoms with Crippen molar-refractivity contribution < 1.29 is 5.11 Å². The predicted molar refractivity (Wildman–Crippen MR) is 77.4 cm³/mol. The van der Waals surface area contributed by atoms with E-state index in [4.69, 9.17) is 0 Å². The monoisotopic (exact) mass is 327 g/mol. The van der Waals surface area contributed by atoms with Crippen molar-refractivity contribution in [2.24, 2.45) is 11.3 Å². The quantitative estimate of drug-likeness (QED) is 0.864. The van der Waals surface area contributed by atoms with Gasteiger partial charge in [-0.25, -0.2) is 0 Å². The second-order valence-corrected chi connectivity index (χ2v) is 7.55. The van der Waals surface area contributed by atoms with Crippen molar-refractivity contribution in [3.05, 3.63) is 20.3 Å². The van der Waals surface area contributed by atoms with Crippen LogP contribution in [-0.4, -0.2) is 5.11 Å². The molecule has 4 heteroatoms. The van der Waals surface area contributed by atoms with Crippen molar-refractivity contribution in [2.45, 2.75) is 45.6 Å². The van der Waals surface area contributed by atoms with Crippen LogP contribution in [0.2, 0.25) is 0 Å².